The predicted octanol–water partition coefficient (Wildman–Crippen LogP) is 4.54. The second kappa shape index (κ2) is 11.5. The Balaban J connectivity index is 2.05. The van der Waals surface area contributed by atoms with E-state index < -0.39 is 36.7 Å². The van der Waals surface area contributed by atoms with Crippen LogP contribution in [0.25, 0.3) is 0 Å². The van der Waals surface area contributed by atoms with Gasteiger partial charge in [0.15, 0.2) is 0 Å². The van der Waals surface area contributed by atoms with E-state index in [1.54, 1.807) is 24.3 Å². The molecule has 0 heterocycles. The van der Waals surface area contributed by atoms with Gasteiger partial charge >= 0.3 is 0 Å². The zero-order chi connectivity index (χ0) is 26.3. The van der Waals surface area contributed by atoms with Crippen molar-refractivity contribution in [1.82, 2.24) is 9.03 Å². The van der Waals surface area contributed by atoms with Crippen molar-refractivity contribution in [2.75, 3.05) is 0 Å². The Kier molecular flexibility index (Phi) is 8.63. The summed E-state index contributed by atoms with van der Waals surface area (Å²) >= 11 is 0. The fraction of sp³-hybridized carbons (Fsp3) is 0.231. The number of nitro groups is 1. The lowest BCUT2D eigenvalue weighted by Crippen LogP contribution is -2.35. The molecule has 0 radical (unpaired) electrons. The standard InChI is InChI=1S/C26H27N3O5S2/c1-26(2,3)35(32)27-25(22-12-8-5-9-13-22)18-19-28(20-21-10-6-4-7-11-21)36(33,34)24-16-14-23(15-17-24)29(30)31/h4-17,25,27H,20H2,1-3H3/t25-,35?/m1/s1. The third-order valence-electron chi connectivity index (χ3n) is 5.05. The van der Waals surface area contributed by atoms with Crippen LogP contribution in [0.15, 0.2) is 89.8 Å². The number of rotatable bonds is 8. The van der Waals surface area contributed by atoms with Gasteiger partial charge in [0.25, 0.3) is 15.7 Å². The van der Waals surface area contributed by atoms with Gasteiger partial charge in [0.2, 0.25) is 0 Å². The lowest BCUT2D eigenvalue weighted by molar-refractivity contribution is -0.384. The zero-order valence-electron chi connectivity index (χ0n) is 20.1. The lowest BCUT2D eigenvalue weighted by atomic mass is 10.1. The van der Waals surface area contributed by atoms with Crippen LogP contribution in [0.1, 0.15) is 37.9 Å². The first-order valence-electron chi connectivity index (χ1n) is 11.0. The first kappa shape index (κ1) is 27.1. The number of hydrogen-bond donors (Lipinski definition) is 1. The Morgan fingerprint density at radius 2 is 1.53 bits per heavy atom. The summed E-state index contributed by atoms with van der Waals surface area (Å²) in [6, 6.07) is 24.8. The van der Waals surface area contributed by atoms with Gasteiger partial charge in [-0.2, -0.15) is 0 Å². The van der Waals surface area contributed by atoms with E-state index in [1.165, 1.54) is 12.1 Å². The molecule has 0 amide bonds. The number of hydrogen-bond acceptors (Lipinski definition) is 5. The molecule has 0 saturated carbocycles. The first-order valence-corrected chi connectivity index (χ1v) is 13.6. The molecule has 3 rings (SSSR count). The maximum Gasteiger partial charge on any atom is 0.271 e. The van der Waals surface area contributed by atoms with Crippen LogP contribution in [0.4, 0.5) is 5.69 Å². The molecular weight excluding hydrogens is 498 g/mol. The molecular formula is C26H27N3O5S2. The fourth-order valence-corrected chi connectivity index (χ4v) is 5.04. The molecule has 0 aliphatic carbocycles. The van der Waals surface area contributed by atoms with E-state index in [4.69, 9.17) is 0 Å². The number of nitro benzene ring substituents is 1. The zero-order valence-corrected chi connectivity index (χ0v) is 21.8. The first-order chi connectivity index (χ1) is 17.0. The highest BCUT2D eigenvalue weighted by Gasteiger charge is 2.25. The minimum atomic E-state index is -4.14. The van der Waals surface area contributed by atoms with Crippen molar-refractivity contribution in [2.24, 2.45) is 0 Å². The molecule has 0 aromatic heterocycles. The molecule has 0 aliphatic rings. The Morgan fingerprint density at radius 1 is 0.972 bits per heavy atom. The van der Waals surface area contributed by atoms with E-state index in [9.17, 15) is 22.7 Å². The molecule has 3 aromatic rings. The topological polar surface area (TPSA) is 110 Å². The van der Waals surface area contributed by atoms with E-state index in [2.05, 4.69) is 16.7 Å². The largest absolute Gasteiger partial charge is 0.271 e. The summed E-state index contributed by atoms with van der Waals surface area (Å²) in [6.45, 7) is 5.43. The van der Waals surface area contributed by atoms with Gasteiger partial charge in [0.1, 0.15) is 6.04 Å². The summed E-state index contributed by atoms with van der Waals surface area (Å²) < 4.78 is 43.3. The van der Waals surface area contributed by atoms with Crippen molar-refractivity contribution < 1.29 is 17.6 Å². The normalized spacial score (nSPS) is 13.2. The van der Waals surface area contributed by atoms with Crippen LogP contribution >= 0.6 is 0 Å². The van der Waals surface area contributed by atoms with E-state index in [0.29, 0.717) is 5.56 Å². The molecule has 0 fully saturated rings. The Labute approximate surface area is 214 Å². The summed E-state index contributed by atoms with van der Waals surface area (Å²) in [5.41, 5.74) is 1.22. The second-order valence-electron chi connectivity index (χ2n) is 8.85. The van der Waals surface area contributed by atoms with Gasteiger partial charge in [0, 0.05) is 18.2 Å². The summed E-state index contributed by atoms with van der Waals surface area (Å²) in [7, 11) is -5.61. The van der Waals surface area contributed by atoms with Crippen LogP contribution in [-0.4, -0.2) is 26.6 Å². The molecule has 3 aromatic carbocycles. The van der Waals surface area contributed by atoms with Crippen molar-refractivity contribution >= 4 is 26.7 Å². The van der Waals surface area contributed by atoms with Gasteiger partial charge < -0.3 is 0 Å². The average Bonchev–Trinajstić information content (AvgIpc) is 2.86. The predicted molar refractivity (Wildman–Crippen MR) is 140 cm³/mol. The van der Waals surface area contributed by atoms with Crippen molar-refractivity contribution in [3.8, 4) is 12.0 Å². The van der Waals surface area contributed by atoms with Crippen molar-refractivity contribution in [3.63, 3.8) is 0 Å². The summed E-state index contributed by atoms with van der Waals surface area (Å²) in [5.74, 6) is 2.95. The Morgan fingerprint density at radius 3 is 2.06 bits per heavy atom. The van der Waals surface area contributed by atoms with E-state index in [-0.39, 0.29) is 17.1 Å². The van der Waals surface area contributed by atoms with Crippen molar-refractivity contribution in [2.45, 2.75) is 43.0 Å². The van der Waals surface area contributed by atoms with Crippen LogP contribution in [0.5, 0.6) is 0 Å². The highest BCUT2D eigenvalue weighted by atomic mass is 32.2. The van der Waals surface area contributed by atoms with Crippen LogP contribution in [-0.2, 0) is 27.6 Å². The highest BCUT2D eigenvalue weighted by Crippen LogP contribution is 2.22. The monoisotopic (exact) mass is 525 g/mol. The third kappa shape index (κ3) is 7.01. The quantitative estimate of drug-likeness (QED) is 0.201. The molecule has 0 bridgehead atoms. The van der Waals surface area contributed by atoms with Crippen LogP contribution < -0.4 is 4.72 Å². The molecule has 1 unspecified atom stereocenters. The lowest BCUT2D eigenvalue weighted by Gasteiger charge is -2.22. The molecule has 1 N–H and O–H groups in total. The van der Waals surface area contributed by atoms with Gasteiger partial charge in [-0.25, -0.2) is 21.7 Å². The van der Waals surface area contributed by atoms with Gasteiger partial charge in [-0.05, 0) is 44.0 Å². The van der Waals surface area contributed by atoms with Crippen LogP contribution in [0.2, 0.25) is 0 Å². The Hall–Kier alpha value is -3.52. The molecule has 10 heteroatoms. The van der Waals surface area contributed by atoms with Gasteiger partial charge in [-0.15, -0.1) is 0 Å². The molecule has 0 saturated heterocycles. The fourth-order valence-electron chi connectivity index (χ4n) is 3.05. The molecule has 36 heavy (non-hydrogen) atoms. The number of nitrogens with zero attached hydrogens (tertiary/aromatic N) is 2. The molecule has 0 aliphatic heterocycles. The summed E-state index contributed by atoms with van der Waals surface area (Å²) in [4.78, 5) is 10.3. The Bertz CT molecular complexity index is 1380. The number of benzene rings is 3. The van der Waals surface area contributed by atoms with Crippen molar-refractivity contribution in [3.05, 3.63) is 106 Å². The van der Waals surface area contributed by atoms with Gasteiger partial charge in [0.05, 0.1) is 32.1 Å². The third-order valence-corrected chi connectivity index (χ3v) is 8.28. The summed E-state index contributed by atoms with van der Waals surface area (Å²) in [6.07, 6.45) is 0. The van der Waals surface area contributed by atoms with Crippen LogP contribution in [0, 0.1) is 22.1 Å². The number of sulfonamides is 1. The van der Waals surface area contributed by atoms with E-state index in [0.717, 1.165) is 22.0 Å². The minimum Gasteiger partial charge on any atom is -0.258 e. The minimum absolute atomic E-state index is 0.0446. The van der Waals surface area contributed by atoms with Crippen molar-refractivity contribution in [1.29, 1.82) is 0 Å². The smallest absolute Gasteiger partial charge is 0.258 e. The van der Waals surface area contributed by atoms with E-state index in [1.807, 2.05) is 57.2 Å². The van der Waals surface area contributed by atoms with E-state index >= 15 is 0 Å². The molecule has 188 valence electrons. The SMILES string of the molecule is CC(C)(C)S(=O)N[C@H](C#CN(Cc1ccccc1)S(=O)(=O)c1ccc([N+](=O)[O-])cc1)c1ccccc1. The van der Waals surface area contributed by atoms with Crippen LogP contribution in [0.3, 0.4) is 0 Å². The van der Waals surface area contributed by atoms with Gasteiger partial charge in [-0.1, -0.05) is 66.6 Å². The maximum absolute atomic E-state index is 13.5. The van der Waals surface area contributed by atoms with Gasteiger partial charge in [-0.3, -0.25) is 10.1 Å². The molecule has 0 spiro atoms. The average molecular weight is 526 g/mol. The molecule has 2 atom stereocenters. The summed E-state index contributed by atoms with van der Waals surface area (Å²) in [5, 5.41) is 11.0. The highest BCUT2D eigenvalue weighted by molar-refractivity contribution is 7.89. The maximum atomic E-state index is 13.5. The number of nitrogens with one attached hydrogen (secondary N) is 1. The number of non-ortho nitro benzene ring substituents is 1. The molecule has 8 nitrogen and oxygen atoms in total. The second-order valence-corrected chi connectivity index (χ2v) is 12.7.